The molecule has 0 spiro atoms. The number of carbonyl (C=O) groups excluding carboxylic acids is 3. The quantitative estimate of drug-likeness (QED) is 0.0392. The number of ether oxygens (including phenoxy) is 3. The van der Waals surface area contributed by atoms with Crippen LogP contribution in [0.3, 0.4) is 0 Å². The third kappa shape index (κ3) is 12.4. The minimum Gasteiger partial charge on any atom is -0.493 e. The lowest BCUT2D eigenvalue weighted by Gasteiger charge is -2.26. The molecule has 18 nitrogen and oxygen atoms in total. The molecule has 0 fully saturated rings. The number of aryl methyl sites for hydroxylation is 2. The van der Waals surface area contributed by atoms with Gasteiger partial charge in [0.2, 0.25) is 17.7 Å². The number of nitrogens with zero attached hydrogens (tertiary/aromatic N) is 5. The number of fused-ring (bicyclic) bond motifs is 8. The van der Waals surface area contributed by atoms with E-state index in [1.54, 1.807) is 23.1 Å². The first-order chi connectivity index (χ1) is 42.2. The topological polar surface area (TPSA) is 228 Å². The van der Waals surface area contributed by atoms with Crippen LogP contribution >= 0.6 is 15.9 Å². The molecule has 0 saturated carbocycles. The Morgan fingerprint density at radius 3 is 1.55 bits per heavy atom. The Balaban J connectivity index is 0.000000150. The van der Waals surface area contributed by atoms with Gasteiger partial charge in [0.15, 0.2) is 0 Å². The van der Waals surface area contributed by atoms with E-state index in [2.05, 4.69) is 62.4 Å². The van der Waals surface area contributed by atoms with Gasteiger partial charge >= 0.3 is 0 Å². The lowest BCUT2D eigenvalue weighted by molar-refractivity contribution is -0.385. The Bertz CT molecular complexity index is 3730. The lowest BCUT2D eigenvalue weighted by Crippen LogP contribution is -2.41. The molecule has 3 aliphatic heterocycles. The summed E-state index contributed by atoms with van der Waals surface area (Å²) in [5.74, 6) is 2.64. The Morgan fingerprint density at radius 2 is 1.05 bits per heavy atom. The van der Waals surface area contributed by atoms with Crippen LogP contribution in [0.2, 0.25) is 0 Å². The zero-order chi connectivity index (χ0) is 61.9. The Hall–Kier alpha value is -8.84. The lowest BCUT2D eigenvalue weighted by atomic mass is 9.76. The molecule has 2 aromatic heterocycles. The van der Waals surface area contributed by atoms with Gasteiger partial charge in [-0.3, -0.25) is 39.7 Å². The van der Waals surface area contributed by atoms with Crippen molar-refractivity contribution < 1.29 is 38.4 Å². The van der Waals surface area contributed by atoms with Crippen molar-refractivity contribution in [3.8, 4) is 28.6 Å². The number of amides is 3. The van der Waals surface area contributed by atoms with Gasteiger partial charge in [-0.05, 0) is 146 Å². The Morgan fingerprint density at radius 1 is 0.563 bits per heavy atom. The van der Waals surface area contributed by atoms with Gasteiger partial charge in [0.05, 0.1) is 63.4 Å². The minimum absolute atomic E-state index is 0.00494. The van der Waals surface area contributed by atoms with Crippen LogP contribution in [0.5, 0.6) is 17.2 Å². The molecule has 3 amide bonds. The number of nitro groups is 2. The number of non-ortho nitro benzene ring substituents is 2. The summed E-state index contributed by atoms with van der Waals surface area (Å²) in [5.41, 5.74) is 9.32. The van der Waals surface area contributed by atoms with Crippen molar-refractivity contribution in [1.82, 2.24) is 15.2 Å². The first-order valence-electron chi connectivity index (χ1n) is 30.0. The standard InChI is InChI=1S/C28H30N4O2.C20H22N2O4.C12H14N2O3.C8H9BrO/c1-3-28(4-2)22-16-23-21(20-12-8-9-18-17-29-31-25(18)26(20)30-23)15-24(22)32(27(28)33)13-14-34-19-10-6-5-7-11-19;1-3-20(4-2)17-14-15(22(24)25)10-11-18(17)21(19(20)23)12-13-26-16-8-6-5-7-9-16;1-3-12(4-2)9-7-8(14(16)17)5-6-10(9)13-11(12)15;9-6-7-10-8-4-2-1-3-5-8/h5-7,10-11,15-17,30H,3-4,8-9,12-14H2,1-2H3,(H,29,31);5-11,14H,3-4,12-13H2,1-2H3;5-7H,3-4H2,1-2H3,(H,13,15);1-5H,6-7H2. The van der Waals surface area contributed by atoms with Crippen LogP contribution in [0, 0.1) is 20.2 Å². The molecule has 4 aliphatic rings. The summed E-state index contributed by atoms with van der Waals surface area (Å²) < 4.78 is 17.0. The Kier molecular flexibility index (Phi) is 19.9. The number of hydrogen-bond donors (Lipinski definition) is 3. The van der Waals surface area contributed by atoms with Crippen LogP contribution in [0.4, 0.5) is 28.4 Å². The van der Waals surface area contributed by atoms with Crippen molar-refractivity contribution in [2.45, 2.75) is 116 Å². The van der Waals surface area contributed by atoms with E-state index in [9.17, 15) is 34.6 Å². The predicted molar refractivity (Wildman–Crippen MR) is 344 cm³/mol. The fourth-order valence-corrected chi connectivity index (χ4v) is 12.9. The summed E-state index contributed by atoms with van der Waals surface area (Å²) >= 11 is 3.28. The van der Waals surface area contributed by atoms with Gasteiger partial charge in [-0.2, -0.15) is 5.10 Å². The highest BCUT2D eigenvalue weighted by atomic mass is 79.9. The predicted octanol–water partition coefficient (Wildman–Crippen LogP) is 14.7. The van der Waals surface area contributed by atoms with Crippen molar-refractivity contribution in [2.75, 3.05) is 53.4 Å². The molecule has 0 unspecified atom stereocenters. The zero-order valence-corrected chi connectivity index (χ0v) is 51.7. The van der Waals surface area contributed by atoms with Gasteiger partial charge < -0.3 is 34.3 Å². The molecule has 0 bridgehead atoms. The van der Waals surface area contributed by atoms with E-state index in [1.807, 2.05) is 130 Å². The van der Waals surface area contributed by atoms with E-state index in [-0.39, 0.29) is 29.1 Å². The number of H-pyrrole nitrogens is 2. The molecule has 5 heterocycles. The first kappa shape index (κ1) is 62.7. The zero-order valence-electron chi connectivity index (χ0n) is 50.2. The third-order valence-corrected chi connectivity index (χ3v) is 18.1. The molecule has 454 valence electrons. The van der Waals surface area contributed by atoms with Crippen LogP contribution in [0.25, 0.3) is 22.3 Å². The number of nitrogens with one attached hydrogen (secondary N) is 3. The second-order valence-corrected chi connectivity index (χ2v) is 22.7. The molecular weight excluding hydrogens is 1170 g/mol. The molecule has 1 aliphatic carbocycles. The molecule has 8 aromatic rings. The van der Waals surface area contributed by atoms with Crippen LogP contribution in [-0.2, 0) is 43.5 Å². The average Bonchev–Trinajstić information content (AvgIpc) is 1.60. The van der Waals surface area contributed by atoms with Crippen LogP contribution in [0.1, 0.15) is 114 Å². The third-order valence-electron chi connectivity index (χ3n) is 17.8. The number of halogens is 1. The maximum absolute atomic E-state index is 13.8. The summed E-state index contributed by atoms with van der Waals surface area (Å²) in [6, 6.07) is 42.7. The van der Waals surface area contributed by atoms with E-state index in [4.69, 9.17) is 14.2 Å². The molecule has 6 aromatic carbocycles. The number of benzene rings is 6. The largest absolute Gasteiger partial charge is 0.493 e. The minimum atomic E-state index is -0.700. The van der Waals surface area contributed by atoms with Crippen LogP contribution in [0.15, 0.2) is 146 Å². The van der Waals surface area contributed by atoms with Crippen molar-refractivity contribution in [1.29, 1.82) is 0 Å². The smallest absolute Gasteiger partial charge is 0.269 e. The SMILES string of the molecule is BrCCOc1ccccc1.CCC1(CC)C(=O)N(CCOc2ccccc2)c2cc3c4c([nH]c3cc21)-c1[nH]ncc1CCC4.CCC1(CC)C(=O)N(CCOc2ccccc2)c2ccc([N+](=O)[O-])cc21.CCC1(CC)C(=O)Nc2ccc([N+](=O)[O-])cc21. The van der Waals surface area contributed by atoms with Gasteiger partial charge in [0.25, 0.3) is 11.4 Å². The number of anilines is 3. The molecule has 0 atom stereocenters. The van der Waals surface area contributed by atoms with E-state index >= 15 is 0 Å². The maximum atomic E-state index is 13.8. The number of para-hydroxylation sites is 3. The fourth-order valence-electron chi connectivity index (χ4n) is 12.8. The number of aromatic nitrogens is 3. The summed E-state index contributed by atoms with van der Waals surface area (Å²) in [6.45, 7) is 14.5. The summed E-state index contributed by atoms with van der Waals surface area (Å²) in [5, 5.41) is 34.3. The summed E-state index contributed by atoms with van der Waals surface area (Å²) in [7, 11) is 0. The van der Waals surface area contributed by atoms with Crippen molar-refractivity contribution >= 4 is 73.0 Å². The molecule has 12 rings (SSSR count). The highest BCUT2D eigenvalue weighted by molar-refractivity contribution is 9.09. The number of hydrogen-bond acceptors (Lipinski definition) is 11. The second kappa shape index (κ2) is 27.7. The molecule has 0 radical (unpaired) electrons. The highest BCUT2D eigenvalue weighted by Gasteiger charge is 2.50. The van der Waals surface area contributed by atoms with Crippen molar-refractivity contribution in [3.05, 3.63) is 194 Å². The first-order valence-corrected chi connectivity index (χ1v) is 31.1. The monoisotopic (exact) mass is 1240 g/mol. The molecule has 0 saturated heterocycles. The molecule has 87 heavy (non-hydrogen) atoms. The normalized spacial score (nSPS) is 15.1. The fraction of sp³-hybridized carbons (Fsp3) is 0.353. The van der Waals surface area contributed by atoms with Crippen molar-refractivity contribution in [2.24, 2.45) is 0 Å². The van der Waals surface area contributed by atoms with Gasteiger partial charge in [-0.15, -0.1) is 0 Å². The van der Waals surface area contributed by atoms with Crippen molar-refractivity contribution in [3.63, 3.8) is 0 Å². The number of carbonyl (C=O) groups is 3. The van der Waals surface area contributed by atoms with Gasteiger partial charge in [0.1, 0.15) is 30.5 Å². The Labute approximate surface area is 515 Å². The van der Waals surface area contributed by atoms with E-state index in [0.29, 0.717) is 57.7 Å². The van der Waals surface area contributed by atoms with Gasteiger partial charge in [-0.1, -0.05) is 112 Å². The number of rotatable bonds is 19. The van der Waals surface area contributed by atoms with E-state index < -0.39 is 26.1 Å². The average molecular weight is 1240 g/mol. The van der Waals surface area contributed by atoms with E-state index in [1.165, 1.54) is 34.7 Å². The highest BCUT2D eigenvalue weighted by Crippen LogP contribution is 2.50. The van der Waals surface area contributed by atoms with E-state index in [0.717, 1.165) is 106 Å². The van der Waals surface area contributed by atoms with Crippen LogP contribution < -0.4 is 29.3 Å². The second-order valence-electron chi connectivity index (χ2n) is 21.9. The number of nitro benzene ring substituents is 2. The number of aromatic amines is 2. The summed E-state index contributed by atoms with van der Waals surface area (Å²) in [6.07, 6.45) is 9.12. The molecular formula is C68H75BrN8O10. The summed E-state index contributed by atoms with van der Waals surface area (Å²) in [4.78, 5) is 67.4. The number of alkyl halides is 1. The molecule has 19 heteroatoms. The van der Waals surface area contributed by atoms with Crippen LogP contribution in [-0.4, -0.2) is 81.0 Å². The van der Waals surface area contributed by atoms with Gasteiger partial charge in [0, 0.05) is 57.6 Å². The van der Waals surface area contributed by atoms with Gasteiger partial charge in [-0.25, -0.2) is 0 Å². The maximum Gasteiger partial charge on any atom is 0.269 e. The molecule has 3 N–H and O–H groups in total.